The summed E-state index contributed by atoms with van der Waals surface area (Å²) >= 11 is 0. The number of ketones is 1. The molecule has 15 heavy (non-hydrogen) atoms. The summed E-state index contributed by atoms with van der Waals surface area (Å²) < 4.78 is 0. The molecule has 0 heterocycles. The van der Waals surface area contributed by atoms with Gasteiger partial charge in [0.1, 0.15) is 0 Å². The average Bonchev–Trinajstić information content (AvgIpc) is 2.14. The van der Waals surface area contributed by atoms with Crippen LogP contribution >= 0.6 is 0 Å². The Balaban J connectivity index is 3.72. The predicted molar refractivity (Wildman–Crippen MR) is 66.1 cm³/mol. The highest BCUT2D eigenvalue weighted by molar-refractivity contribution is 5.90. The molecule has 0 aliphatic rings. The Morgan fingerprint density at radius 2 is 1.87 bits per heavy atom. The normalized spacial score (nSPS) is 12.2. The molecule has 0 atom stereocenters. The molecule has 2 heteroatoms. The molecule has 0 bridgehead atoms. The van der Waals surface area contributed by atoms with Crippen LogP contribution in [0, 0.1) is 0 Å². The van der Waals surface area contributed by atoms with Crippen molar-refractivity contribution in [2.75, 3.05) is 20.6 Å². The van der Waals surface area contributed by atoms with Gasteiger partial charge in [-0.2, -0.15) is 0 Å². The van der Waals surface area contributed by atoms with Crippen molar-refractivity contribution >= 4 is 5.78 Å². The minimum absolute atomic E-state index is 0.291. The third-order valence-corrected chi connectivity index (χ3v) is 2.36. The lowest BCUT2D eigenvalue weighted by atomic mass is 10.1. The van der Waals surface area contributed by atoms with Crippen LogP contribution in [0.3, 0.4) is 0 Å². The molecule has 0 aliphatic heterocycles. The van der Waals surface area contributed by atoms with Gasteiger partial charge in [0, 0.05) is 6.42 Å². The summed E-state index contributed by atoms with van der Waals surface area (Å²) in [5, 5.41) is 0. The smallest absolute Gasteiger partial charge is 0.155 e. The van der Waals surface area contributed by atoms with Gasteiger partial charge in [-0.1, -0.05) is 18.9 Å². The van der Waals surface area contributed by atoms with Gasteiger partial charge in [-0.25, -0.2) is 0 Å². The molecule has 0 saturated heterocycles. The highest BCUT2D eigenvalue weighted by Crippen LogP contribution is 2.06. The Kier molecular flexibility index (Phi) is 8.30. The third-order valence-electron chi connectivity index (χ3n) is 2.36. The van der Waals surface area contributed by atoms with Crippen molar-refractivity contribution in [3.63, 3.8) is 0 Å². The maximum Gasteiger partial charge on any atom is 0.155 e. The number of nitrogens with zero attached hydrogens (tertiary/aromatic N) is 1. The molecule has 0 N–H and O–H groups in total. The molecule has 0 saturated carbocycles. The summed E-state index contributed by atoms with van der Waals surface area (Å²) in [4.78, 5) is 13.6. The molecule has 0 aromatic carbocycles. The van der Waals surface area contributed by atoms with Crippen molar-refractivity contribution in [1.29, 1.82) is 0 Å². The van der Waals surface area contributed by atoms with Crippen molar-refractivity contribution in [3.8, 4) is 0 Å². The topological polar surface area (TPSA) is 20.3 Å². The van der Waals surface area contributed by atoms with Crippen LogP contribution in [-0.4, -0.2) is 31.3 Å². The van der Waals surface area contributed by atoms with E-state index in [1.54, 1.807) is 0 Å². The zero-order valence-corrected chi connectivity index (χ0v) is 10.7. The van der Waals surface area contributed by atoms with E-state index in [0.29, 0.717) is 12.2 Å². The number of unbranched alkanes of at least 4 members (excludes halogenated alkanes) is 1. The summed E-state index contributed by atoms with van der Waals surface area (Å²) in [6.07, 6.45) is 6.82. The third kappa shape index (κ3) is 9.67. The summed E-state index contributed by atoms with van der Waals surface area (Å²) in [5.41, 5.74) is 1.22. The van der Waals surface area contributed by atoms with Crippen molar-refractivity contribution in [3.05, 3.63) is 11.6 Å². The lowest BCUT2D eigenvalue weighted by Gasteiger charge is -2.08. The van der Waals surface area contributed by atoms with Crippen molar-refractivity contribution < 1.29 is 4.79 Å². The first kappa shape index (κ1) is 14.4. The van der Waals surface area contributed by atoms with Crippen LogP contribution in [0.5, 0.6) is 0 Å². The van der Waals surface area contributed by atoms with E-state index in [2.05, 4.69) is 32.8 Å². The number of hydrogen-bond acceptors (Lipinski definition) is 2. The van der Waals surface area contributed by atoms with E-state index < -0.39 is 0 Å². The van der Waals surface area contributed by atoms with Crippen molar-refractivity contribution in [2.45, 2.75) is 46.0 Å². The van der Waals surface area contributed by atoms with Crippen LogP contribution in [0.2, 0.25) is 0 Å². The van der Waals surface area contributed by atoms with Crippen LogP contribution in [0.15, 0.2) is 11.6 Å². The van der Waals surface area contributed by atoms with E-state index >= 15 is 0 Å². The van der Waals surface area contributed by atoms with Crippen molar-refractivity contribution in [2.24, 2.45) is 0 Å². The minimum atomic E-state index is 0.291. The second kappa shape index (κ2) is 8.66. The van der Waals surface area contributed by atoms with Gasteiger partial charge >= 0.3 is 0 Å². The molecule has 0 unspecified atom stereocenters. The van der Waals surface area contributed by atoms with Gasteiger partial charge in [-0.15, -0.1) is 0 Å². The molecule has 2 nitrogen and oxygen atoms in total. The first-order chi connectivity index (χ1) is 7.06. The summed E-state index contributed by atoms with van der Waals surface area (Å²) in [6.45, 7) is 5.26. The molecule has 0 fully saturated rings. The second-order valence-corrected chi connectivity index (χ2v) is 4.47. The van der Waals surface area contributed by atoms with Gasteiger partial charge < -0.3 is 4.90 Å². The average molecular weight is 211 g/mol. The number of carbonyl (C=O) groups is 1. The Bertz CT molecular complexity index is 207. The molecule has 0 radical (unpaired) electrons. The zero-order valence-electron chi connectivity index (χ0n) is 10.7. The Labute approximate surface area is 94.4 Å². The van der Waals surface area contributed by atoms with Crippen LogP contribution < -0.4 is 0 Å². The first-order valence-corrected chi connectivity index (χ1v) is 5.91. The lowest BCUT2D eigenvalue weighted by Crippen LogP contribution is -2.12. The summed E-state index contributed by atoms with van der Waals surface area (Å²) in [5.74, 6) is 0.291. The fraction of sp³-hybridized carbons (Fsp3) is 0.769. The molecular weight excluding hydrogens is 186 g/mol. The molecule has 0 aliphatic carbocycles. The van der Waals surface area contributed by atoms with Gasteiger partial charge in [0.2, 0.25) is 0 Å². The highest BCUT2D eigenvalue weighted by Gasteiger charge is 1.98. The zero-order chi connectivity index (χ0) is 11.7. The van der Waals surface area contributed by atoms with Crippen LogP contribution in [0.1, 0.15) is 46.0 Å². The van der Waals surface area contributed by atoms with E-state index in [-0.39, 0.29) is 0 Å². The molecule has 88 valence electrons. The molecule has 0 spiro atoms. The second-order valence-electron chi connectivity index (χ2n) is 4.47. The van der Waals surface area contributed by atoms with E-state index in [9.17, 15) is 4.79 Å². The Hall–Kier alpha value is -0.630. The largest absolute Gasteiger partial charge is 0.309 e. The molecule has 0 amide bonds. The van der Waals surface area contributed by atoms with Gasteiger partial charge in [0.15, 0.2) is 5.78 Å². The number of rotatable bonds is 8. The van der Waals surface area contributed by atoms with Gasteiger partial charge in [0.25, 0.3) is 0 Å². The quantitative estimate of drug-likeness (QED) is 0.575. The number of carbonyl (C=O) groups excluding carboxylic acids is 1. The highest BCUT2D eigenvalue weighted by atomic mass is 16.1. The molecule has 0 aromatic heterocycles. The monoisotopic (exact) mass is 211 g/mol. The van der Waals surface area contributed by atoms with E-state index in [1.807, 2.05) is 6.08 Å². The number of allylic oxidation sites excluding steroid dienone is 2. The maximum absolute atomic E-state index is 11.4. The van der Waals surface area contributed by atoms with Gasteiger partial charge in [-0.3, -0.25) is 4.79 Å². The van der Waals surface area contributed by atoms with Crippen molar-refractivity contribution in [1.82, 2.24) is 4.90 Å². The predicted octanol–water partition coefficient (Wildman–Crippen LogP) is 3.03. The van der Waals surface area contributed by atoms with Gasteiger partial charge in [-0.05, 0) is 52.9 Å². The molecular formula is C13H25NO. The fourth-order valence-electron chi connectivity index (χ4n) is 1.44. The Morgan fingerprint density at radius 3 is 2.40 bits per heavy atom. The number of hydrogen-bond donors (Lipinski definition) is 0. The van der Waals surface area contributed by atoms with E-state index in [4.69, 9.17) is 0 Å². The van der Waals surface area contributed by atoms with E-state index in [0.717, 1.165) is 32.2 Å². The minimum Gasteiger partial charge on any atom is -0.309 e. The molecule has 0 aromatic rings. The maximum atomic E-state index is 11.4. The standard InChI is InChI=1S/C13H25NO/c1-5-6-9-13(15)11-12(2)8-7-10-14(3)4/h11H,5-10H2,1-4H3/b12-11-. The first-order valence-electron chi connectivity index (χ1n) is 5.91. The van der Waals surface area contributed by atoms with Crippen LogP contribution in [0.4, 0.5) is 0 Å². The molecule has 0 rings (SSSR count). The van der Waals surface area contributed by atoms with E-state index in [1.165, 1.54) is 5.57 Å². The fourth-order valence-corrected chi connectivity index (χ4v) is 1.44. The van der Waals surface area contributed by atoms with Crippen LogP contribution in [0.25, 0.3) is 0 Å². The summed E-state index contributed by atoms with van der Waals surface area (Å²) in [7, 11) is 4.15. The van der Waals surface area contributed by atoms with Gasteiger partial charge in [0.05, 0.1) is 0 Å². The SMILES string of the molecule is CCCCC(=O)/C=C(/C)CCCN(C)C. The summed E-state index contributed by atoms with van der Waals surface area (Å²) in [6, 6.07) is 0. The lowest BCUT2D eigenvalue weighted by molar-refractivity contribution is -0.114. The van der Waals surface area contributed by atoms with Crippen LogP contribution in [-0.2, 0) is 4.79 Å². The Morgan fingerprint density at radius 1 is 1.20 bits per heavy atom.